The first-order chi connectivity index (χ1) is 8.37. The van der Waals surface area contributed by atoms with E-state index in [2.05, 4.69) is 31.0 Å². The van der Waals surface area contributed by atoms with Crippen LogP contribution in [0.15, 0.2) is 0 Å². The first-order valence-electron chi connectivity index (χ1n) is 6.96. The van der Waals surface area contributed by atoms with Crippen LogP contribution in [0.25, 0.3) is 0 Å². The third-order valence-electron chi connectivity index (χ3n) is 3.68. The molecule has 106 valence electrons. The molecule has 18 heavy (non-hydrogen) atoms. The van der Waals surface area contributed by atoms with Crippen LogP contribution in [0.4, 0.5) is 0 Å². The van der Waals surface area contributed by atoms with Gasteiger partial charge < -0.3 is 9.64 Å². The lowest BCUT2D eigenvalue weighted by atomic mass is 9.96. The Balaban J connectivity index is 2.53. The molecule has 2 unspecified atom stereocenters. The summed E-state index contributed by atoms with van der Waals surface area (Å²) in [5.74, 6) is 0.621. The fourth-order valence-electron chi connectivity index (χ4n) is 2.71. The minimum atomic E-state index is -0.575. The van der Waals surface area contributed by atoms with Gasteiger partial charge in [0.15, 0.2) is 0 Å². The van der Waals surface area contributed by atoms with Crippen molar-refractivity contribution in [1.82, 2.24) is 10.2 Å². The lowest BCUT2D eigenvalue weighted by Gasteiger charge is -2.31. The van der Waals surface area contributed by atoms with Crippen LogP contribution >= 0.6 is 0 Å². The van der Waals surface area contributed by atoms with Gasteiger partial charge in [0, 0.05) is 19.1 Å². The molecule has 1 fully saturated rings. The lowest BCUT2D eigenvalue weighted by molar-refractivity contribution is -0.148. The molecule has 4 nitrogen and oxygen atoms in total. The van der Waals surface area contributed by atoms with Crippen molar-refractivity contribution in [1.29, 1.82) is 0 Å². The summed E-state index contributed by atoms with van der Waals surface area (Å²) >= 11 is 0. The Morgan fingerprint density at radius 3 is 2.67 bits per heavy atom. The molecule has 0 radical (unpaired) electrons. The van der Waals surface area contributed by atoms with Gasteiger partial charge in [0.1, 0.15) is 5.54 Å². The predicted molar refractivity (Wildman–Crippen MR) is 73.5 cm³/mol. The number of nitrogens with zero attached hydrogens (tertiary/aromatic N) is 1. The van der Waals surface area contributed by atoms with Gasteiger partial charge >= 0.3 is 5.97 Å². The van der Waals surface area contributed by atoms with Gasteiger partial charge in [0.25, 0.3) is 0 Å². The quantitative estimate of drug-likeness (QED) is 0.734. The number of ether oxygens (including phenoxy) is 1. The number of methoxy groups -OCH3 is 1. The lowest BCUT2D eigenvalue weighted by Crippen LogP contribution is -2.54. The fourth-order valence-corrected chi connectivity index (χ4v) is 2.71. The maximum absolute atomic E-state index is 11.9. The maximum Gasteiger partial charge on any atom is 0.325 e. The third kappa shape index (κ3) is 4.25. The fraction of sp³-hybridized carbons (Fsp3) is 0.929. The number of likely N-dealkylation sites (tertiary alicyclic amines) is 1. The number of carbonyl (C=O) groups is 1. The molecular formula is C14H28N2O2. The number of esters is 1. The highest BCUT2D eigenvalue weighted by molar-refractivity contribution is 5.80. The number of nitrogens with one attached hydrogen (secondary N) is 1. The van der Waals surface area contributed by atoms with E-state index in [1.54, 1.807) is 0 Å². The van der Waals surface area contributed by atoms with Crippen LogP contribution in [0.2, 0.25) is 0 Å². The molecule has 0 aromatic carbocycles. The maximum atomic E-state index is 11.9. The second-order valence-electron chi connectivity index (χ2n) is 6.07. The van der Waals surface area contributed by atoms with Gasteiger partial charge in [0.05, 0.1) is 7.11 Å². The van der Waals surface area contributed by atoms with E-state index in [1.165, 1.54) is 13.5 Å². The summed E-state index contributed by atoms with van der Waals surface area (Å²) in [6.45, 7) is 11.6. The van der Waals surface area contributed by atoms with Crippen molar-refractivity contribution >= 4 is 5.97 Å². The minimum Gasteiger partial charge on any atom is -0.468 e. The summed E-state index contributed by atoms with van der Waals surface area (Å²) in [5, 5.41) is 3.34. The van der Waals surface area contributed by atoms with Crippen LogP contribution < -0.4 is 5.32 Å². The highest BCUT2D eigenvalue weighted by atomic mass is 16.5. The second kappa shape index (κ2) is 6.53. The van der Waals surface area contributed by atoms with E-state index in [9.17, 15) is 4.79 Å². The van der Waals surface area contributed by atoms with Crippen molar-refractivity contribution in [2.24, 2.45) is 5.92 Å². The second-order valence-corrected chi connectivity index (χ2v) is 6.07. The normalized spacial score (nSPS) is 24.2. The molecule has 1 N–H and O–H groups in total. The molecule has 2 atom stereocenters. The van der Waals surface area contributed by atoms with Crippen molar-refractivity contribution in [2.75, 3.05) is 26.7 Å². The number of hydrogen-bond acceptors (Lipinski definition) is 4. The Hall–Kier alpha value is -0.610. The first kappa shape index (κ1) is 15.4. The van der Waals surface area contributed by atoms with E-state index in [1.807, 2.05) is 6.92 Å². The molecule has 0 aliphatic carbocycles. The summed E-state index contributed by atoms with van der Waals surface area (Å²) in [4.78, 5) is 14.4. The molecule has 1 saturated heterocycles. The Kier molecular flexibility index (Phi) is 5.60. The van der Waals surface area contributed by atoms with E-state index in [0.29, 0.717) is 0 Å². The molecule has 1 aliphatic rings. The zero-order chi connectivity index (χ0) is 13.8. The molecular weight excluding hydrogens is 228 g/mol. The summed E-state index contributed by atoms with van der Waals surface area (Å²) < 4.78 is 4.93. The van der Waals surface area contributed by atoms with E-state index in [0.717, 1.165) is 32.0 Å². The minimum absolute atomic E-state index is 0.163. The number of hydrogen-bond donors (Lipinski definition) is 1. The van der Waals surface area contributed by atoms with Crippen molar-refractivity contribution in [2.45, 2.75) is 52.1 Å². The highest BCUT2D eigenvalue weighted by Crippen LogP contribution is 2.19. The Morgan fingerprint density at radius 1 is 1.56 bits per heavy atom. The van der Waals surface area contributed by atoms with Crippen LogP contribution in [-0.2, 0) is 9.53 Å². The largest absolute Gasteiger partial charge is 0.468 e. The zero-order valence-electron chi connectivity index (χ0n) is 12.5. The van der Waals surface area contributed by atoms with Gasteiger partial charge in [-0.2, -0.15) is 0 Å². The third-order valence-corrected chi connectivity index (χ3v) is 3.68. The van der Waals surface area contributed by atoms with Gasteiger partial charge in [-0.1, -0.05) is 6.92 Å². The molecule has 1 rings (SSSR count). The molecule has 0 spiro atoms. The van der Waals surface area contributed by atoms with Gasteiger partial charge in [-0.25, -0.2) is 0 Å². The SMILES string of the molecule is COC(=O)C(C)(CCN1CCC(C)C1)NC(C)C. The van der Waals surface area contributed by atoms with E-state index in [4.69, 9.17) is 4.74 Å². The predicted octanol–water partition coefficient (Wildman–Crippen LogP) is 1.65. The van der Waals surface area contributed by atoms with Crippen molar-refractivity contribution in [3.8, 4) is 0 Å². The molecule has 0 aromatic rings. The molecule has 0 bridgehead atoms. The molecule has 0 amide bonds. The first-order valence-corrected chi connectivity index (χ1v) is 6.96. The number of carbonyl (C=O) groups excluding carboxylic acids is 1. The van der Waals surface area contributed by atoms with Gasteiger partial charge in [0.2, 0.25) is 0 Å². The molecule has 0 saturated carbocycles. The topological polar surface area (TPSA) is 41.6 Å². The van der Waals surface area contributed by atoms with E-state index >= 15 is 0 Å². The standard InChI is InChI=1S/C14H28N2O2/c1-11(2)15-14(4,13(17)18-5)7-9-16-8-6-12(3)10-16/h11-12,15H,6-10H2,1-5H3. The van der Waals surface area contributed by atoms with Gasteiger partial charge in [-0.3, -0.25) is 10.1 Å². The molecule has 1 heterocycles. The summed E-state index contributed by atoms with van der Waals surface area (Å²) in [6, 6.07) is 0.270. The highest BCUT2D eigenvalue weighted by Gasteiger charge is 2.35. The van der Waals surface area contributed by atoms with Crippen LogP contribution in [0, 0.1) is 5.92 Å². The van der Waals surface area contributed by atoms with Crippen molar-refractivity contribution in [3.05, 3.63) is 0 Å². The Morgan fingerprint density at radius 2 is 2.22 bits per heavy atom. The zero-order valence-corrected chi connectivity index (χ0v) is 12.5. The van der Waals surface area contributed by atoms with Crippen LogP contribution in [0.3, 0.4) is 0 Å². The monoisotopic (exact) mass is 256 g/mol. The average Bonchev–Trinajstić information content (AvgIpc) is 2.70. The molecule has 0 aromatic heterocycles. The average molecular weight is 256 g/mol. The van der Waals surface area contributed by atoms with E-state index < -0.39 is 5.54 Å². The Bertz CT molecular complexity index is 281. The Labute approximate surface area is 111 Å². The molecule has 4 heteroatoms. The smallest absolute Gasteiger partial charge is 0.325 e. The van der Waals surface area contributed by atoms with Crippen LogP contribution in [0.1, 0.15) is 40.5 Å². The van der Waals surface area contributed by atoms with E-state index in [-0.39, 0.29) is 12.0 Å². The summed E-state index contributed by atoms with van der Waals surface area (Å²) in [6.07, 6.45) is 2.07. The van der Waals surface area contributed by atoms with Crippen LogP contribution in [-0.4, -0.2) is 49.2 Å². The molecule has 1 aliphatic heterocycles. The van der Waals surface area contributed by atoms with Gasteiger partial charge in [-0.05, 0) is 46.1 Å². The van der Waals surface area contributed by atoms with Crippen LogP contribution in [0.5, 0.6) is 0 Å². The van der Waals surface area contributed by atoms with Crippen molar-refractivity contribution in [3.63, 3.8) is 0 Å². The number of rotatable bonds is 6. The summed E-state index contributed by atoms with van der Waals surface area (Å²) in [7, 11) is 1.46. The van der Waals surface area contributed by atoms with Crippen molar-refractivity contribution < 1.29 is 9.53 Å². The summed E-state index contributed by atoms with van der Waals surface area (Å²) in [5.41, 5.74) is -0.575. The van der Waals surface area contributed by atoms with Gasteiger partial charge in [-0.15, -0.1) is 0 Å².